The van der Waals surface area contributed by atoms with Gasteiger partial charge in [0.1, 0.15) is 6.10 Å². The fraction of sp³-hybridized carbons (Fsp3) is 0.136. The maximum Gasteiger partial charge on any atom is 0.196 e. The fourth-order valence-corrected chi connectivity index (χ4v) is 2.68. The molecule has 3 rings (SSSR count). The topological polar surface area (TPSA) is 26.3 Å². The third-order valence-electron chi connectivity index (χ3n) is 4.01. The average Bonchev–Trinajstić information content (AvgIpc) is 2.67. The van der Waals surface area contributed by atoms with E-state index in [-0.39, 0.29) is 11.9 Å². The van der Waals surface area contributed by atoms with E-state index in [4.69, 9.17) is 4.74 Å². The lowest BCUT2D eigenvalue weighted by Gasteiger charge is -2.22. The molecule has 3 aromatic carbocycles. The van der Waals surface area contributed by atoms with Crippen LogP contribution in [0.3, 0.4) is 0 Å². The van der Waals surface area contributed by atoms with E-state index in [1.165, 1.54) is 0 Å². The van der Waals surface area contributed by atoms with Gasteiger partial charge in [-0.3, -0.25) is 4.79 Å². The van der Waals surface area contributed by atoms with E-state index in [1.54, 1.807) is 0 Å². The predicted molar refractivity (Wildman–Crippen MR) is 95.9 cm³/mol. The van der Waals surface area contributed by atoms with Crippen LogP contribution in [0, 0.1) is 0 Å². The molecule has 0 amide bonds. The Morgan fingerprint density at radius 2 is 1.17 bits per heavy atom. The summed E-state index contributed by atoms with van der Waals surface area (Å²) in [5, 5.41) is 0. The number of Topliss-reactive ketones (excluding diaryl/α,β-unsaturated/α-hetero) is 1. The second-order valence-corrected chi connectivity index (χ2v) is 5.71. The normalized spacial score (nSPS) is 13.2. The molecule has 0 aliphatic heterocycles. The Kier molecular flexibility index (Phi) is 5.19. The molecule has 0 bridgehead atoms. The number of benzene rings is 3. The zero-order valence-electron chi connectivity index (χ0n) is 13.6. The summed E-state index contributed by atoms with van der Waals surface area (Å²) in [5.41, 5.74) is 2.58. The Morgan fingerprint density at radius 1 is 0.708 bits per heavy atom. The molecule has 24 heavy (non-hydrogen) atoms. The van der Waals surface area contributed by atoms with Crippen LogP contribution < -0.4 is 0 Å². The van der Waals surface area contributed by atoms with Crippen LogP contribution >= 0.6 is 0 Å². The summed E-state index contributed by atoms with van der Waals surface area (Å²) in [6.07, 6.45) is -0.798. The molecule has 2 heteroatoms. The van der Waals surface area contributed by atoms with Gasteiger partial charge in [-0.25, -0.2) is 0 Å². The SMILES string of the molecule is CC(OC(C(=O)c1ccccc1)c1ccccc1)c1ccccc1. The van der Waals surface area contributed by atoms with E-state index >= 15 is 0 Å². The number of ether oxygens (including phenoxy) is 1. The van der Waals surface area contributed by atoms with E-state index < -0.39 is 6.10 Å². The van der Waals surface area contributed by atoms with Crippen LogP contribution in [0.5, 0.6) is 0 Å². The van der Waals surface area contributed by atoms with Crippen LogP contribution in [0.15, 0.2) is 91.0 Å². The molecule has 120 valence electrons. The molecule has 3 aromatic rings. The van der Waals surface area contributed by atoms with Gasteiger partial charge < -0.3 is 4.74 Å². The molecule has 0 aromatic heterocycles. The first-order valence-corrected chi connectivity index (χ1v) is 8.10. The summed E-state index contributed by atoms with van der Waals surface area (Å²) in [6.45, 7) is 1.98. The van der Waals surface area contributed by atoms with Gasteiger partial charge in [0.15, 0.2) is 5.78 Å². The van der Waals surface area contributed by atoms with Crippen LogP contribution in [0.4, 0.5) is 0 Å². The number of rotatable bonds is 6. The smallest absolute Gasteiger partial charge is 0.196 e. The molecule has 0 spiro atoms. The Bertz CT molecular complexity index is 767. The molecule has 0 saturated heterocycles. The van der Waals surface area contributed by atoms with Gasteiger partial charge in [0.2, 0.25) is 0 Å². The zero-order chi connectivity index (χ0) is 16.8. The summed E-state index contributed by atoms with van der Waals surface area (Å²) in [7, 11) is 0. The van der Waals surface area contributed by atoms with Crippen molar-refractivity contribution in [2.75, 3.05) is 0 Å². The van der Waals surface area contributed by atoms with Gasteiger partial charge in [0.25, 0.3) is 0 Å². The molecule has 0 fully saturated rings. The van der Waals surface area contributed by atoms with Crippen LogP contribution in [0.1, 0.15) is 40.6 Å². The lowest BCUT2D eigenvalue weighted by atomic mass is 9.99. The van der Waals surface area contributed by atoms with Crippen molar-refractivity contribution in [2.24, 2.45) is 0 Å². The largest absolute Gasteiger partial charge is 0.358 e. The first-order valence-electron chi connectivity index (χ1n) is 8.10. The lowest BCUT2D eigenvalue weighted by Crippen LogP contribution is -2.18. The number of carbonyl (C=O) groups excluding carboxylic acids is 1. The number of ketones is 1. The van der Waals surface area contributed by atoms with E-state index in [9.17, 15) is 4.79 Å². The zero-order valence-corrected chi connectivity index (χ0v) is 13.6. The van der Waals surface area contributed by atoms with Crippen LogP contribution in [-0.4, -0.2) is 5.78 Å². The monoisotopic (exact) mass is 316 g/mol. The van der Waals surface area contributed by atoms with Gasteiger partial charge in [-0.15, -0.1) is 0 Å². The molecule has 0 N–H and O–H groups in total. The summed E-state index contributed by atoms with van der Waals surface area (Å²) >= 11 is 0. The molecule has 0 heterocycles. The van der Waals surface area contributed by atoms with Crippen LogP contribution in [0.2, 0.25) is 0 Å². The van der Waals surface area contributed by atoms with Gasteiger partial charge in [-0.1, -0.05) is 91.0 Å². The molecule has 0 radical (unpaired) electrons. The molecular formula is C22H20O2. The summed E-state index contributed by atoms with van der Waals surface area (Å²) in [5.74, 6) is -0.0235. The van der Waals surface area contributed by atoms with Gasteiger partial charge in [0.05, 0.1) is 6.10 Å². The van der Waals surface area contributed by atoms with E-state index in [0.29, 0.717) is 5.56 Å². The molecule has 2 unspecified atom stereocenters. The molecular weight excluding hydrogens is 296 g/mol. The fourth-order valence-electron chi connectivity index (χ4n) is 2.68. The third-order valence-corrected chi connectivity index (χ3v) is 4.01. The highest BCUT2D eigenvalue weighted by Crippen LogP contribution is 2.29. The minimum Gasteiger partial charge on any atom is -0.358 e. The van der Waals surface area contributed by atoms with E-state index in [1.807, 2.05) is 97.9 Å². The van der Waals surface area contributed by atoms with Crippen LogP contribution in [0.25, 0.3) is 0 Å². The van der Waals surface area contributed by atoms with Crippen molar-refractivity contribution in [3.8, 4) is 0 Å². The maximum atomic E-state index is 13.0. The summed E-state index contributed by atoms with van der Waals surface area (Å²) < 4.78 is 6.19. The van der Waals surface area contributed by atoms with Gasteiger partial charge in [0, 0.05) is 5.56 Å². The Balaban J connectivity index is 1.90. The van der Waals surface area contributed by atoms with E-state index in [2.05, 4.69) is 0 Å². The second-order valence-electron chi connectivity index (χ2n) is 5.71. The van der Waals surface area contributed by atoms with Crippen molar-refractivity contribution in [1.82, 2.24) is 0 Å². The van der Waals surface area contributed by atoms with Crippen molar-refractivity contribution in [1.29, 1.82) is 0 Å². The predicted octanol–water partition coefficient (Wildman–Crippen LogP) is 5.39. The molecule has 0 aliphatic rings. The maximum absolute atomic E-state index is 13.0. The van der Waals surface area contributed by atoms with E-state index in [0.717, 1.165) is 11.1 Å². The summed E-state index contributed by atoms with van der Waals surface area (Å²) in [6, 6.07) is 28.9. The van der Waals surface area contributed by atoms with Gasteiger partial charge in [-0.2, -0.15) is 0 Å². The number of hydrogen-bond acceptors (Lipinski definition) is 2. The molecule has 2 nitrogen and oxygen atoms in total. The molecule has 0 saturated carbocycles. The third kappa shape index (κ3) is 3.79. The number of hydrogen-bond donors (Lipinski definition) is 0. The van der Waals surface area contributed by atoms with Gasteiger partial charge >= 0.3 is 0 Å². The minimum absolute atomic E-state index is 0.0235. The Morgan fingerprint density at radius 3 is 1.71 bits per heavy atom. The minimum atomic E-state index is -0.621. The number of carbonyl (C=O) groups is 1. The van der Waals surface area contributed by atoms with Crippen LogP contribution in [-0.2, 0) is 4.74 Å². The highest BCUT2D eigenvalue weighted by Gasteiger charge is 2.25. The second kappa shape index (κ2) is 7.71. The first kappa shape index (κ1) is 16.2. The lowest BCUT2D eigenvalue weighted by molar-refractivity contribution is 0.00266. The van der Waals surface area contributed by atoms with Crippen molar-refractivity contribution in [2.45, 2.75) is 19.1 Å². The Labute approximate surface area is 142 Å². The van der Waals surface area contributed by atoms with Crippen molar-refractivity contribution in [3.05, 3.63) is 108 Å². The van der Waals surface area contributed by atoms with Crippen molar-refractivity contribution < 1.29 is 9.53 Å². The highest BCUT2D eigenvalue weighted by atomic mass is 16.5. The summed E-state index contributed by atoms with van der Waals surface area (Å²) in [4.78, 5) is 13.0. The molecule has 0 aliphatic carbocycles. The highest BCUT2D eigenvalue weighted by molar-refractivity contribution is 6.00. The quantitative estimate of drug-likeness (QED) is 0.570. The molecule has 2 atom stereocenters. The van der Waals surface area contributed by atoms with Gasteiger partial charge in [-0.05, 0) is 18.1 Å². The first-order chi connectivity index (χ1) is 11.8. The Hall–Kier alpha value is -2.71. The standard InChI is InChI=1S/C22H20O2/c1-17(18-11-5-2-6-12-18)24-22(20-15-9-4-10-16-20)21(23)19-13-7-3-8-14-19/h2-17,22H,1H3. The van der Waals surface area contributed by atoms with Crippen molar-refractivity contribution in [3.63, 3.8) is 0 Å². The average molecular weight is 316 g/mol. The van der Waals surface area contributed by atoms with Crippen molar-refractivity contribution >= 4 is 5.78 Å².